The summed E-state index contributed by atoms with van der Waals surface area (Å²) in [6.45, 7) is 0. The highest BCUT2D eigenvalue weighted by Gasteiger charge is 2.19. The Morgan fingerprint density at radius 2 is 2.23 bits per heavy atom. The lowest BCUT2D eigenvalue weighted by atomic mass is 10.2. The third-order valence-corrected chi connectivity index (χ3v) is 2.07. The molecule has 0 fully saturated rings. The van der Waals surface area contributed by atoms with Gasteiger partial charge in [-0.3, -0.25) is 4.98 Å². The number of aromatic nitrogens is 1. The Bertz CT molecular complexity index is 320. The van der Waals surface area contributed by atoms with Gasteiger partial charge in [0.2, 0.25) is 0 Å². The number of nitrogen functional groups attached to an aromatic ring is 1. The zero-order chi connectivity index (χ0) is 10.0. The maximum Gasteiger partial charge on any atom is 0.269 e. The largest absolute Gasteiger partial charge is 0.505 e. The van der Waals surface area contributed by atoms with Crippen LogP contribution in [0.25, 0.3) is 0 Å². The van der Waals surface area contributed by atoms with E-state index in [2.05, 4.69) is 20.9 Å². The van der Waals surface area contributed by atoms with Crippen LogP contribution in [0, 0.1) is 0 Å². The Labute approximate surface area is 81.7 Å². The van der Waals surface area contributed by atoms with E-state index >= 15 is 0 Å². The molecule has 0 amide bonds. The predicted octanol–water partition coefficient (Wildman–Crippen LogP) is 2.20. The minimum absolute atomic E-state index is 0.157. The maximum absolute atomic E-state index is 12.3. The van der Waals surface area contributed by atoms with Gasteiger partial charge in [-0.2, -0.15) is 0 Å². The second kappa shape index (κ2) is 3.87. The van der Waals surface area contributed by atoms with E-state index in [1.807, 2.05) is 0 Å². The van der Waals surface area contributed by atoms with Gasteiger partial charge < -0.3 is 10.8 Å². The molecule has 0 aromatic carbocycles. The van der Waals surface area contributed by atoms with Crippen molar-refractivity contribution in [2.24, 2.45) is 0 Å². The van der Waals surface area contributed by atoms with Crippen molar-refractivity contribution in [3.8, 4) is 5.75 Å². The summed E-state index contributed by atoms with van der Waals surface area (Å²) in [5, 5.41) is 9.49. The number of nitrogens with two attached hydrogens (primary N) is 1. The molecule has 0 unspecified atom stereocenters. The Morgan fingerprint density at radius 3 is 2.69 bits per heavy atom. The highest BCUT2D eigenvalue weighted by Crippen LogP contribution is 2.35. The number of hydrogen-bond donors (Lipinski definition) is 2. The fourth-order valence-corrected chi connectivity index (χ4v) is 1.31. The Balaban J connectivity index is 3.30. The number of alkyl halides is 3. The molecule has 0 spiro atoms. The molecule has 3 nitrogen and oxygen atoms in total. The van der Waals surface area contributed by atoms with Gasteiger partial charge in [-0.05, 0) is 0 Å². The number of hydrogen-bond acceptors (Lipinski definition) is 3. The molecule has 0 saturated heterocycles. The summed E-state index contributed by atoms with van der Waals surface area (Å²) in [5.74, 6) is -0.535. The average molecular weight is 253 g/mol. The van der Waals surface area contributed by atoms with Gasteiger partial charge in [0.1, 0.15) is 5.75 Å². The third kappa shape index (κ3) is 1.88. The van der Waals surface area contributed by atoms with E-state index in [9.17, 15) is 13.9 Å². The smallest absolute Gasteiger partial charge is 0.269 e. The van der Waals surface area contributed by atoms with Crippen LogP contribution in [0.3, 0.4) is 0 Å². The van der Waals surface area contributed by atoms with Crippen LogP contribution in [0.15, 0.2) is 6.20 Å². The number of pyridine rings is 1. The summed E-state index contributed by atoms with van der Waals surface area (Å²) in [6.07, 6.45) is -1.68. The normalized spacial score (nSPS) is 10.8. The SMILES string of the molecule is Nc1cnc(CBr)c(O)c1C(F)F. The summed E-state index contributed by atoms with van der Waals surface area (Å²) < 4.78 is 24.6. The van der Waals surface area contributed by atoms with Crippen LogP contribution in [-0.2, 0) is 5.33 Å². The minimum Gasteiger partial charge on any atom is -0.505 e. The molecule has 1 aromatic rings. The van der Waals surface area contributed by atoms with Gasteiger partial charge in [-0.25, -0.2) is 8.78 Å². The van der Waals surface area contributed by atoms with Crippen molar-refractivity contribution in [3.05, 3.63) is 17.5 Å². The molecular formula is C7H7BrF2N2O. The first-order valence-electron chi connectivity index (χ1n) is 3.38. The van der Waals surface area contributed by atoms with Crippen molar-refractivity contribution >= 4 is 21.6 Å². The number of aromatic hydroxyl groups is 1. The average Bonchev–Trinajstić information content (AvgIpc) is 2.04. The summed E-state index contributed by atoms with van der Waals surface area (Å²) >= 11 is 3.01. The maximum atomic E-state index is 12.3. The molecule has 6 heteroatoms. The number of nitrogens with zero attached hydrogens (tertiary/aromatic N) is 1. The molecular weight excluding hydrogens is 246 g/mol. The molecule has 1 aromatic heterocycles. The fourth-order valence-electron chi connectivity index (χ4n) is 0.897. The summed E-state index contributed by atoms with van der Waals surface area (Å²) in [5.41, 5.74) is 4.64. The monoisotopic (exact) mass is 252 g/mol. The Morgan fingerprint density at radius 1 is 1.62 bits per heavy atom. The van der Waals surface area contributed by atoms with E-state index in [0.717, 1.165) is 6.20 Å². The van der Waals surface area contributed by atoms with Gasteiger partial charge >= 0.3 is 0 Å². The van der Waals surface area contributed by atoms with E-state index in [0.29, 0.717) is 0 Å². The number of rotatable bonds is 2. The molecule has 0 bridgehead atoms. The van der Waals surface area contributed by atoms with Crippen LogP contribution in [0.2, 0.25) is 0 Å². The van der Waals surface area contributed by atoms with Crippen LogP contribution in [0.5, 0.6) is 5.75 Å². The van der Waals surface area contributed by atoms with Crippen molar-refractivity contribution in [2.75, 3.05) is 5.73 Å². The van der Waals surface area contributed by atoms with E-state index in [1.54, 1.807) is 0 Å². The molecule has 72 valence electrons. The number of halogens is 3. The molecule has 0 atom stereocenters. The van der Waals surface area contributed by atoms with Crippen molar-refractivity contribution in [2.45, 2.75) is 11.8 Å². The van der Waals surface area contributed by atoms with E-state index in [-0.39, 0.29) is 16.7 Å². The van der Waals surface area contributed by atoms with Crippen molar-refractivity contribution in [1.29, 1.82) is 0 Å². The highest BCUT2D eigenvalue weighted by molar-refractivity contribution is 9.08. The molecule has 0 saturated carbocycles. The second-order valence-electron chi connectivity index (χ2n) is 2.36. The van der Waals surface area contributed by atoms with Crippen LogP contribution in [-0.4, -0.2) is 10.1 Å². The third-order valence-electron chi connectivity index (χ3n) is 1.54. The second-order valence-corrected chi connectivity index (χ2v) is 2.92. The standard InChI is InChI=1S/C7H7BrF2N2O/c8-1-4-6(13)5(7(9)10)3(11)2-12-4/h2,7,13H,1,11H2. The molecule has 0 aliphatic heterocycles. The van der Waals surface area contributed by atoms with Gasteiger partial charge in [0.15, 0.2) is 0 Å². The van der Waals surface area contributed by atoms with Crippen LogP contribution >= 0.6 is 15.9 Å². The molecule has 1 rings (SSSR count). The molecule has 0 aliphatic rings. The Kier molecular flexibility index (Phi) is 3.02. The lowest BCUT2D eigenvalue weighted by molar-refractivity contribution is 0.148. The van der Waals surface area contributed by atoms with Crippen molar-refractivity contribution < 1.29 is 13.9 Å². The lowest BCUT2D eigenvalue weighted by Crippen LogP contribution is -1.99. The molecule has 13 heavy (non-hydrogen) atoms. The van der Waals surface area contributed by atoms with Crippen molar-refractivity contribution in [3.63, 3.8) is 0 Å². The van der Waals surface area contributed by atoms with E-state index in [1.165, 1.54) is 0 Å². The van der Waals surface area contributed by atoms with Crippen LogP contribution in [0.4, 0.5) is 14.5 Å². The molecule has 1 heterocycles. The van der Waals surface area contributed by atoms with E-state index < -0.39 is 17.7 Å². The van der Waals surface area contributed by atoms with Crippen molar-refractivity contribution in [1.82, 2.24) is 4.98 Å². The summed E-state index contributed by atoms with van der Waals surface area (Å²) in [7, 11) is 0. The summed E-state index contributed by atoms with van der Waals surface area (Å²) in [4.78, 5) is 3.68. The summed E-state index contributed by atoms with van der Waals surface area (Å²) in [6, 6.07) is 0. The first kappa shape index (κ1) is 10.2. The van der Waals surface area contributed by atoms with Gasteiger partial charge in [-0.15, -0.1) is 0 Å². The quantitative estimate of drug-likeness (QED) is 0.794. The fraction of sp³-hybridized carbons (Fsp3) is 0.286. The van der Waals surface area contributed by atoms with Gasteiger partial charge in [0.25, 0.3) is 6.43 Å². The van der Waals surface area contributed by atoms with Gasteiger partial charge in [0, 0.05) is 5.33 Å². The van der Waals surface area contributed by atoms with Crippen LogP contribution in [0.1, 0.15) is 17.7 Å². The topological polar surface area (TPSA) is 59.1 Å². The lowest BCUT2D eigenvalue weighted by Gasteiger charge is -2.08. The Hall–Kier alpha value is -0.910. The zero-order valence-corrected chi connectivity index (χ0v) is 8.05. The first-order chi connectivity index (χ1) is 6.07. The van der Waals surface area contributed by atoms with Crippen LogP contribution < -0.4 is 5.73 Å². The van der Waals surface area contributed by atoms with Gasteiger partial charge in [0.05, 0.1) is 23.1 Å². The first-order valence-corrected chi connectivity index (χ1v) is 4.50. The number of anilines is 1. The highest BCUT2D eigenvalue weighted by atomic mass is 79.9. The minimum atomic E-state index is -2.79. The van der Waals surface area contributed by atoms with E-state index in [4.69, 9.17) is 5.73 Å². The van der Waals surface area contributed by atoms with Gasteiger partial charge in [-0.1, -0.05) is 15.9 Å². The molecule has 0 radical (unpaired) electrons. The zero-order valence-electron chi connectivity index (χ0n) is 6.47. The molecule has 3 N–H and O–H groups in total. The molecule has 0 aliphatic carbocycles. The predicted molar refractivity (Wildman–Crippen MR) is 47.9 cm³/mol.